The first-order valence-electron chi connectivity index (χ1n) is 10.7. The highest BCUT2D eigenvalue weighted by Gasteiger charge is 2.40. The largest absolute Gasteiger partial charge is 0.354 e. The van der Waals surface area contributed by atoms with E-state index in [2.05, 4.69) is 56.3 Å². The van der Waals surface area contributed by atoms with Crippen LogP contribution < -0.4 is 10.2 Å². The van der Waals surface area contributed by atoms with E-state index >= 15 is 0 Å². The van der Waals surface area contributed by atoms with E-state index in [0.717, 1.165) is 25.5 Å². The van der Waals surface area contributed by atoms with Crippen molar-refractivity contribution in [2.75, 3.05) is 58.3 Å². The minimum Gasteiger partial charge on any atom is -0.354 e. The molecule has 4 rings (SSSR count). The van der Waals surface area contributed by atoms with Gasteiger partial charge in [-0.2, -0.15) is 0 Å². The number of piperidine rings is 2. The standard InChI is InChI=1S/C22H35N5/c1-23-21(27-15-10-19-8-4-5-9-20(19)27)24-18-22(11-16-25(2)17-12-22)26-13-6-3-7-14-26/h4-5,8-9H,3,6-7,10-18H2,1-2H3,(H,23,24). The number of anilines is 1. The second-order valence-electron chi connectivity index (χ2n) is 8.51. The maximum absolute atomic E-state index is 4.65. The number of likely N-dealkylation sites (tertiary alicyclic amines) is 2. The maximum Gasteiger partial charge on any atom is 0.198 e. The molecule has 0 amide bonds. The number of rotatable bonds is 3. The van der Waals surface area contributed by atoms with Crippen LogP contribution in [0.15, 0.2) is 29.3 Å². The molecule has 0 aliphatic carbocycles. The lowest BCUT2D eigenvalue weighted by Gasteiger charge is -2.50. The lowest BCUT2D eigenvalue weighted by atomic mass is 9.84. The molecule has 0 spiro atoms. The molecule has 0 unspecified atom stereocenters. The number of hydrogen-bond donors (Lipinski definition) is 1. The first-order chi connectivity index (χ1) is 13.2. The predicted octanol–water partition coefficient (Wildman–Crippen LogP) is 2.57. The highest BCUT2D eigenvalue weighted by Crippen LogP contribution is 2.32. The Morgan fingerprint density at radius 1 is 1.04 bits per heavy atom. The fraction of sp³-hybridized carbons (Fsp3) is 0.682. The number of benzene rings is 1. The number of guanidine groups is 1. The van der Waals surface area contributed by atoms with Gasteiger partial charge in [-0.05, 0) is 77.0 Å². The Balaban J connectivity index is 1.48. The second-order valence-corrected chi connectivity index (χ2v) is 8.51. The van der Waals surface area contributed by atoms with Gasteiger partial charge >= 0.3 is 0 Å². The van der Waals surface area contributed by atoms with Crippen molar-refractivity contribution in [1.29, 1.82) is 0 Å². The normalized spacial score (nSPS) is 24.1. The Hall–Kier alpha value is -1.59. The zero-order chi connectivity index (χ0) is 18.7. The lowest BCUT2D eigenvalue weighted by molar-refractivity contribution is 0.0174. The number of fused-ring (bicyclic) bond motifs is 1. The van der Waals surface area contributed by atoms with Crippen LogP contribution in [0, 0.1) is 0 Å². The zero-order valence-corrected chi connectivity index (χ0v) is 17.1. The fourth-order valence-electron chi connectivity index (χ4n) is 5.10. The van der Waals surface area contributed by atoms with E-state index in [9.17, 15) is 0 Å². The Kier molecular flexibility index (Phi) is 5.69. The molecular weight excluding hydrogens is 334 g/mol. The van der Waals surface area contributed by atoms with Gasteiger partial charge < -0.3 is 15.1 Å². The zero-order valence-electron chi connectivity index (χ0n) is 17.1. The Morgan fingerprint density at radius 2 is 1.78 bits per heavy atom. The van der Waals surface area contributed by atoms with E-state index in [1.54, 1.807) is 0 Å². The van der Waals surface area contributed by atoms with Crippen LogP contribution in [0.25, 0.3) is 0 Å². The van der Waals surface area contributed by atoms with Crippen LogP contribution in [0.4, 0.5) is 5.69 Å². The Labute approximate surface area is 164 Å². The molecular formula is C22H35N5. The summed E-state index contributed by atoms with van der Waals surface area (Å²) in [6.45, 7) is 6.95. The quantitative estimate of drug-likeness (QED) is 0.656. The summed E-state index contributed by atoms with van der Waals surface area (Å²) in [5, 5.41) is 3.79. The molecule has 148 valence electrons. The molecule has 0 aromatic heterocycles. The summed E-state index contributed by atoms with van der Waals surface area (Å²) in [7, 11) is 4.18. The smallest absolute Gasteiger partial charge is 0.198 e. The van der Waals surface area contributed by atoms with Gasteiger partial charge in [-0.3, -0.25) is 9.89 Å². The molecule has 3 aliphatic rings. The summed E-state index contributed by atoms with van der Waals surface area (Å²) < 4.78 is 0. The number of nitrogens with zero attached hydrogens (tertiary/aromatic N) is 4. The van der Waals surface area contributed by atoms with Crippen molar-refractivity contribution in [2.45, 2.75) is 44.1 Å². The van der Waals surface area contributed by atoms with Gasteiger partial charge in [0, 0.05) is 31.4 Å². The number of para-hydroxylation sites is 1. The summed E-state index contributed by atoms with van der Waals surface area (Å²) in [6.07, 6.45) is 7.72. The van der Waals surface area contributed by atoms with Gasteiger partial charge in [0.1, 0.15) is 0 Å². The predicted molar refractivity (Wildman–Crippen MR) is 114 cm³/mol. The van der Waals surface area contributed by atoms with Gasteiger partial charge in [0.2, 0.25) is 0 Å². The molecule has 2 saturated heterocycles. The third kappa shape index (κ3) is 3.85. The summed E-state index contributed by atoms with van der Waals surface area (Å²) in [6, 6.07) is 8.75. The lowest BCUT2D eigenvalue weighted by Crippen LogP contribution is -2.62. The molecule has 0 radical (unpaired) electrons. The van der Waals surface area contributed by atoms with Crippen LogP contribution in [0.3, 0.4) is 0 Å². The number of hydrogen-bond acceptors (Lipinski definition) is 3. The van der Waals surface area contributed by atoms with E-state index in [-0.39, 0.29) is 5.54 Å². The topological polar surface area (TPSA) is 34.1 Å². The van der Waals surface area contributed by atoms with Crippen LogP contribution >= 0.6 is 0 Å². The van der Waals surface area contributed by atoms with E-state index in [1.165, 1.54) is 69.5 Å². The molecule has 1 aromatic carbocycles. The van der Waals surface area contributed by atoms with E-state index < -0.39 is 0 Å². The van der Waals surface area contributed by atoms with Crippen LogP contribution in [0.1, 0.15) is 37.7 Å². The van der Waals surface area contributed by atoms with Gasteiger partial charge in [0.25, 0.3) is 0 Å². The van der Waals surface area contributed by atoms with Crippen molar-refractivity contribution in [3.8, 4) is 0 Å². The maximum atomic E-state index is 4.65. The van der Waals surface area contributed by atoms with Gasteiger partial charge in [-0.15, -0.1) is 0 Å². The molecule has 2 fully saturated rings. The minimum atomic E-state index is 0.280. The Bertz CT molecular complexity index is 656. The average molecular weight is 370 g/mol. The van der Waals surface area contributed by atoms with E-state index in [4.69, 9.17) is 0 Å². The first kappa shape index (κ1) is 18.8. The molecule has 0 bridgehead atoms. The average Bonchev–Trinajstić information content (AvgIpc) is 3.15. The number of aliphatic imine (C=N–C) groups is 1. The van der Waals surface area contributed by atoms with Crippen molar-refractivity contribution in [3.63, 3.8) is 0 Å². The molecule has 1 aromatic rings. The molecule has 27 heavy (non-hydrogen) atoms. The second kappa shape index (κ2) is 8.19. The first-order valence-corrected chi connectivity index (χ1v) is 10.7. The molecule has 5 heteroatoms. The van der Waals surface area contributed by atoms with Crippen molar-refractivity contribution in [2.24, 2.45) is 4.99 Å². The van der Waals surface area contributed by atoms with Gasteiger partial charge in [-0.1, -0.05) is 24.6 Å². The monoisotopic (exact) mass is 369 g/mol. The number of nitrogens with one attached hydrogen (secondary N) is 1. The molecule has 3 aliphatic heterocycles. The van der Waals surface area contributed by atoms with Crippen LogP contribution in [0.5, 0.6) is 0 Å². The van der Waals surface area contributed by atoms with E-state index in [1.807, 2.05) is 7.05 Å². The van der Waals surface area contributed by atoms with Crippen LogP contribution in [-0.4, -0.2) is 74.7 Å². The van der Waals surface area contributed by atoms with Crippen molar-refractivity contribution in [1.82, 2.24) is 15.1 Å². The van der Waals surface area contributed by atoms with E-state index in [0.29, 0.717) is 0 Å². The third-order valence-corrected chi connectivity index (χ3v) is 6.87. The molecule has 0 atom stereocenters. The van der Waals surface area contributed by atoms with Crippen molar-refractivity contribution in [3.05, 3.63) is 29.8 Å². The molecule has 5 nitrogen and oxygen atoms in total. The van der Waals surface area contributed by atoms with Gasteiger partial charge in [0.15, 0.2) is 5.96 Å². The Morgan fingerprint density at radius 3 is 2.52 bits per heavy atom. The summed E-state index contributed by atoms with van der Waals surface area (Å²) >= 11 is 0. The third-order valence-electron chi connectivity index (χ3n) is 6.87. The van der Waals surface area contributed by atoms with Gasteiger partial charge in [-0.25, -0.2) is 0 Å². The SMILES string of the molecule is CN=C(NCC1(N2CCCCC2)CCN(C)CC1)N1CCc2ccccc21. The summed E-state index contributed by atoms with van der Waals surface area (Å²) in [5.74, 6) is 1.04. The summed E-state index contributed by atoms with van der Waals surface area (Å²) in [5.41, 5.74) is 3.04. The molecule has 0 saturated carbocycles. The summed E-state index contributed by atoms with van der Waals surface area (Å²) in [4.78, 5) is 12.3. The van der Waals surface area contributed by atoms with Crippen LogP contribution in [-0.2, 0) is 6.42 Å². The fourth-order valence-corrected chi connectivity index (χ4v) is 5.10. The van der Waals surface area contributed by atoms with Crippen molar-refractivity contribution >= 4 is 11.6 Å². The minimum absolute atomic E-state index is 0.280. The highest BCUT2D eigenvalue weighted by atomic mass is 15.3. The van der Waals surface area contributed by atoms with Gasteiger partial charge in [0.05, 0.1) is 0 Å². The van der Waals surface area contributed by atoms with Crippen molar-refractivity contribution < 1.29 is 0 Å². The molecule has 1 N–H and O–H groups in total. The highest BCUT2D eigenvalue weighted by molar-refractivity contribution is 5.97. The molecule has 3 heterocycles. The van der Waals surface area contributed by atoms with Crippen LogP contribution in [0.2, 0.25) is 0 Å².